The molecule has 5 aromatic carbocycles. The quantitative estimate of drug-likeness (QED) is 0.127. The Bertz CT molecular complexity index is 3030. The molecule has 1 unspecified atom stereocenters. The van der Waals surface area contributed by atoms with E-state index in [1.165, 1.54) is 52.5 Å². The molecule has 5 heterocycles. The first-order valence-electron chi connectivity index (χ1n) is 20.5. The van der Waals surface area contributed by atoms with Gasteiger partial charge in [0.25, 0.3) is 0 Å². The first-order chi connectivity index (χ1) is 28.3. The van der Waals surface area contributed by atoms with E-state index in [1.54, 1.807) is 17.4 Å². The van der Waals surface area contributed by atoms with Crippen molar-refractivity contribution in [1.29, 1.82) is 0 Å². The first kappa shape index (κ1) is 35.5. The van der Waals surface area contributed by atoms with E-state index in [1.807, 2.05) is 60.0 Å². The Kier molecular flexibility index (Phi) is 9.69. The molecular formula is C49H43IrN4S2Si. The summed E-state index contributed by atoms with van der Waals surface area (Å²) in [6, 6.07) is 46.4. The SMILES string of the molecule is Cc1c(N2c3ccccc3[N-]C2c2[c-]ccc3c2sc2ncccc23)ccc2c1sc1cc(C(C)C)ccc12.[2H]C([2H])([2H])c1nc(-c2[c-]cccc2)ccc1[Si](C)(C)C.[Ir+3]. The Labute approximate surface area is 362 Å². The van der Waals surface area contributed by atoms with Gasteiger partial charge < -0.3 is 15.2 Å². The number of benzene rings is 5. The molecule has 1 aliphatic heterocycles. The molecule has 10 rings (SSSR count). The Morgan fingerprint density at radius 3 is 2.39 bits per heavy atom. The van der Waals surface area contributed by atoms with Crippen molar-refractivity contribution in [2.45, 2.75) is 59.3 Å². The van der Waals surface area contributed by atoms with Gasteiger partial charge in [0.1, 0.15) is 4.83 Å². The van der Waals surface area contributed by atoms with Crippen molar-refractivity contribution < 1.29 is 24.2 Å². The van der Waals surface area contributed by atoms with Crippen LogP contribution in [0.3, 0.4) is 0 Å². The Morgan fingerprint density at radius 2 is 1.60 bits per heavy atom. The number of fused-ring (bicyclic) bond motifs is 7. The van der Waals surface area contributed by atoms with Crippen LogP contribution in [0.25, 0.3) is 57.0 Å². The van der Waals surface area contributed by atoms with Crippen LogP contribution in [0.15, 0.2) is 121 Å². The maximum atomic E-state index is 7.74. The van der Waals surface area contributed by atoms with E-state index in [-0.39, 0.29) is 32.0 Å². The van der Waals surface area contributed by atoms with Crippen molar-refractivity contribution in [3.63, 3.8) is 0 Å². The minimum atomic E-state index is -2.18. The predicted octanol–water partition coefficient (Wildman–Crippen LogP) is 14.3. The van der Waals surface area contributed by atoms with Gasteiger partial charge >= 0.3 is 20.1 Å². The summed E-state index contributed by atoms with van der Waals surface area (Å²) in [5.74, 6) is 0.516. The van der Waals surface area contributed by atoms with Crippen molar-refractivity contribution in [3.05, 3.63) is 161 Å². The zero-order chi connectivity index (χ0) is 41.2. The van der Waals surface area contributed by atoms with Crippen LogP contribution in [0.5, 0.6) is 0 Å². The van der Waals surface area contributed by atoms with Gasteiger partial charge in [-0.05, 0) is 77.5 Å². The van der Waals surface area contributed by atoms with E-state index >= 15 is 0 Å². The minimum absolute atomic E-state index is 0. The van der Waals surface area contributed by atoms with Crippen molar-refractivity contribution in [1.82, 2.24) is 9.97 Å². The molecule has 1 aliphatic rings. The molecule has 4 nitrogen and oxygen atoms in total. The van der Waals surface area contributed by atoms with Crippen molar-refractivity contribution in [3.8, 4) is 11.3 Å². The van der Waals surface area contributed by atoms with Crippen molar-refractivity contribution in [2.24, 2.45) is 0 Å². The normalized spacial score (nSPS) is 14.8. The number of nitrogens with zero attached hydrogens (tertiary/aromatic N) is 4. The molecule has 57 heavy (non-hydrogen) atoms. The number of para-hydroxylation sites is 2. The number of anilines is 2. The molecule has 8 heteroatoms. The maximum Gasteiger partial charge on any atom is 3.00 e. The van der Waals surface area contributed by atoms with Gasteiger partial charge in [-0.25, -0.2) is 4.98 Å². The Balaban J connectivity index is 0.000000202. The fraction of sp³-hybridized carbons (Fsp3) is 0.184. The summed E-state index contributed by atoms with van der Waals surface area (Å²) < 4.78 is 27.1. The standard InChI is InChI=1S/C34H25N3S2.C15H18NSi.Ir/c1-19(2)21-13-14-22-24-15-16-28(20(3)31(24)38-30(22)18-21)37-29-12-5-4-11-27(29)36-33(37)26-9-6-8-23-25-10-7-17-35-34(25)39-32(23)26;1-12-15(17(2,3)4)11-10-14(16-12)13-8-6-5-7-9-13;/h4-8,10-19,33H,1-3H3;5-8,10-11H,1-4H3;/q-2;-1;+3/i;1D3;. The van der Waals surface area contributed by atoms with Gasteiger partial charge in [-0.1, -0.05) is 92.8 Å². The van der Waals surface area contributed by atoms with Crippen molar-refractivity contribution in [2.75, 3.05) is 4.90 Å². The van der Waals surface area contributed by atoms with E-state index in [2.05, 4.69) is 134 Å². The number of pyridine rings is 2. The number of thiophene rings is 2. The molecule has 0 spiro atoms. The van der Waals surface area contributed by atoms with E-state index < -0.39 is 14.9 Å². The molecule has 4 aromatic heterocycles. The summed E-state index contributed by atoms with van der Waals surface area (Å²) in [7, 11) is -1.74. The fourth-order valence-corrected chi connectivity index (χ4v) is 11.5. The smallest absolute Gasteiger partial charge is 0.661 e. The zero-order valence-electron chi connectivity index (χ0n) is 35.6. The van der Waals surface area contributed by atoms with E-state index in [0.29, 0.717) is 11.6 Å². The molecule has 0 saturated carbocycles. The van der Waals surface area contributed by atoms with E-state index in [9.17, 15) is 0 Å². The van der Waals surface area contributed by atoms with Crippen LogP contribution >= 0.6 is 22.7 Å². The number of hydrogen-bond acceptors (Lipinski definition) is 5. The van der Waals surface area contributed by atoms with Gasteiger partial charge in [0.2, 0.25) is 0 Å². The third kappa shape index (κ3) is 7.13. The maximum absolute atomic E-state index is 7.74. The van der Waals surface area contributed by atoms with Crippen LogP contribution in [0.2, 0.25) is 19.6 Å². The third-order valence-electron chi connectivity index (χ3n) is 10.6. The summed E-state index contributed by atoms with van der Waals surface area (Å²) in [4.78, 5) is 12.5. The topological polar surface area (TPSA) is 43.1 Å². The molecule has 0 saturated heterocycles. The van der Waals surface area contributed by atoms with Gasteiger partial charge in [-0.2, -0.15) is 29.5 Å². The second-order valence-corrected chi connectivity index (χ2v) is 22.8. The number of rotatable bonds is 5. The molecule has 284 valence electrons. The third-order valence-corrected chi connectivity index (χ3v) is 15.1. The summed E-state index contributed by atoms with van der Waals surface area (Å²) in [6.07, 6.45) is 1.67. The zero-order valence-corrected chi connectivity index (χ0v) is 37.7. The number of aromatic nitrogens is 2. The Hall–Kier alpha value is -4.69. The molecular weight excluding hydrogens is 929 g/mol. The van der Waals surface area contributed by atoms with Gasteiger partial charge in [-0.3, -0.25) is 0 Å². The van der Waals surface area contributed by atoms with E-state index in [0.717, 1.165) is 32.5 Å². The van der Waals surface area contributed by atoms with Gasteiger partial charge in [-0.15, -0.1) is 63.9 Å². The van der Waals surface area contributed by atoms with Crippen molar-refractivity contribution >= 4 is 93.5 Å². The van der Waals surface area contributed by atoms with Crippen LogP contribution in [0.1, 0.15) is 52.4 Å². The molecule has 0 bridgehead atoms. The monoisotopic (exact) mass is 975 g/mol. The van der Waals surface area contributed by atoms with Crippen LogP contribution in [0.4, 0.5) is 17.1 Å². The summed E-state index contributed by atoms with van der Waals surface area (Å²) in [6.45, 7) is 11.0. The molecule has 0 N–H and O–H groups in total. The predicted molar refractivity (Wildman–Crippen MR) is 245 cm³/mol. The molecule has 0 amide bonds. The average Bonchev–Trinajstić information content (AvgIpc) is 3.92. The van der Waals surface area contributed by atoms with Gasteiger partial charge in [0.05, 0.1) is 8.07 Å². The second-order valence-electron chi connectivity index (χ2n) is 15.7. The first-order valence-corrected chi connectivity index (χ1v) is 24.1. The van der Waals surface area contributed by atoms with Crippen LogP contribution < -0.4 is 10.1 Å². The molecule has 0 aliphatic carbocycles. The molecule has 9 aromatic rings. The summed E-state index contributed by atoms with van der Waals surface area (Å²) in [5, 5.41) is 11.3. The summed E-state index contributed by atoms with van der Waals surface area (Å²) >= 11 is 3.64. The van der Waals surface area contributed by atoms with Crippen LogP contribution in [-0.2, 0) is 20.1 Å². The number of aryl methyl sites for hydroxylation is 2. The number of hydrogen-bond donors (Lipinski definition) is 0. The Morgan fingerprint density at radius 1 is 0.789 bits per heavy atom. The van der Waals surface area contributed by atoms with Gasteiger partial charge in [0, 0.05) is 47.6 Å². The summed E-state index contributed by atoms with van der Waals surface area (Å²) in [5.41, 5.74) is 8.86. The van der Waals surface area contributed by atoms with Gasteiger partial charge in [0.15, 0.2) is 0 Å². The van der Waals surface area contributed by atoms with Crippen LogP contribution in [-0.4, -0.2) is 18.0 Å². The molecule has 0 fully saturated rings. The van der Waals surface area contributed by atoms with E-state index in [4.69, 9.17) is 9.43 Å². The molecule has 0 radical (unpaired) electrons. The fourth-order valence-electron chi connectivity index (χ4n) is 7.71. The second kappa shape index (κ2) is 15.6. The van der Waals surface area contributed by atoms with Crippen LogP contribution in [0, 0.1) is 25.9 Å². The largest absolute Gasteiger partial charge is 3.00 e. The minimum Gasteiger partial charge on any atom is -0.661 e. The molecule has 1 atom stereocenters. The average molecular weight is 975 g/mol.